The Labute approximate surface area is 250 Å². The zero-order valence-corrected chi connectivity index (χ0v) is 24.5. The molecule has 4 atom stereocenters. The van der Waals surface area contributed by atoms with Crippen molar-refractivity contribution in [1.82, 2.24) is 14.9 Å². The van der Waals surface area contributed by atoms with Gasteiger partial charge < -0.3 is 24.8 Å². The monoisotopic (exact) mass is 585 g/mol. The topological polar surface area (TPSA) is 73.6 Å². The Bertz CT molecular complexity index is 1560. The number of nitrogens with one attached hydrogen (secondary N) is 1. The van der Waals surface area contributed by atoms with E-state index >= 15 is 0 Å². The SMILES string of the molecule is CC1CC(C)CN(c2ccc(N3C(=S)NC(c4ccccn4)C3c3cccn3-c3ccc(C(=O)O)cc3)cc2Cl)C1. The summed E-state index contributed by atoms with van der Waals surface area (Å²) >= 11 is 12.9. The summed E-state index contributed by atoms with van der Waals surface area (Å²) in [6, 6.07) is 22.6. The van der Waals surface area contributed by atoms with E-state index in [9.17, 15) is 9.90 Å². The Balaban J connectivity index is 1.41. The van der Waals surface area contributed by atoms with Crippen LogP contribution in [0, 0.1) is 11.8 Å². The normalized spacial score (nSPS) is 22.6. The molecule has 210 valence electrons. The molecule has 4 aromatic rings. The van der Waals surface area contributed by atoms with Crippen molar-refractivity contribution in [3.63, 3.8) is 0 Å². The molecule has 0 saturated carbocycles. The van der Waals surface area contributed by atoms with Crippen LogP contribution in [0.5, 0.6) is 0 Å². The zero-order valence-electron chi connectivity index (χ0n) is 22.9. The Hall–Kier alpha value is -3.88. The van der Waals surface area contributed by atoms with Gasteiger partial charge >= 0.3 is 5.97 Å². The Morgan fingerprint density at radius 3 is 2.39 bits per heavy atom. The number of halogens is 1. The van der Waals surface area contributed by atoms with E-state index in [4.69, 9.17) is 23.8 Å². The third kappa shape index (κ3) is 5.29. The molecule has 2 N–H and O–H groups in total. The van der Waals surface area contributed by atoms with E-state index < -0.39 is 5.97 Å². The summed E-state index contributed by atoms with van der Waals surface area (Å²) in [4.78, 5) is 20.6. The van der Waals surface area contributed by atoms with E-state index in [2.05, 4.69) is 56.7 Å². The summed E-state index contributed by atoms with van der Waals surface area (Å²) in [5.74, 6) is 0.279. The number of aromatic carboxylic acids is 1. The lowest BCUT2D eigenvalue weighted by atomic mass is 9.91. The number of rotatable bonds is 6. The molecular formula is C32H32ClN5O2S. The highest BCUT2D eigenvalue weighted by molar-refractivity contribution is 7.80. The number of carboxylic acids is 1. The van der Waals surface area contributed by atoms with Crippen LogP contribution in [0.15, 0.2) is 85.2 Å². The molecule has 0 bridgehead atoms. The first kappa shape index (κ1) is 27.3. The average molecular weight is 586 g/mol. The molecule has 0 amide bonds. The molecule has 2 saturated heterocycles. The van der Waals surface area contributed by atoms with Crippen LogP contribution in [0.1, 0.15) is 54.1 Å². The van der Waals surface area contributed by atoms with Gasteiger partial charge in [0.2, 0.25) is 0 Å². The van der Waals surface area contributed by atoms with Crippen LogP contribution in [-0.4, -0.2) is 38.8 Å². The molecule has 6 rings (SSSR count). The molecule has 2 aliphatic heterocycles. The number of benzene rings is 2. The van der Waals surface area contributed by atoms with Gasteiger partial charge in [0, 0.05) is 42.6 Å². The van der Waals surface area contributed by atoms with Gasteiger partial charge in [0.15, 0.2) is 5.11 Å². The van der Waals surface area contributed by atoms with Crippen molar-refractivity contribution in [3.05, 3.63) is 107 Å². The minimum atomic E-state index is -0.954. The molecule has 2 aromatic carbocycles. The van der Waals surface area contributed by atoms with Crippen LogP contribution >= 0.6 is 23.8 Å². The maximum atomic E-state index is 11.4. The minimum Gasteiger partial charge on any atom is -0.478 e. The van der Waals surface area contributed by atoms with Gasteiger partial charge in [-0.1, -0.05) is 31.5 Å². The number of hydrogen-bond donors (Lipinski definition) is 2. The number of piperidine rings is 1. The fourth-order valence-corrected chi connectivity index (χ4v) is 6.97. The molecule has 0 aliphatic carbocycles. The number of aromatic nitrogens is 2. The zero-order chi connectivity index (χ0) is 28.7. The second kappa shape index (κ2) is 11.2. The average Bonchev–Trinajstić information content (AvgIpc) is 3.57. The van der Waals surface area contributed by atoms with E-state index in [-0.39, 0.29) is 17.6 Å². The van der Waals surface area contributed by atoms with Crippen molar-refractivity contribution in [2.45, 2.75) is 32.4 Å². The van der Waals surface area contributed by atoms with Gasteiger partial charge in [0.05, 0.1) is 28.0 Å². The summed E-state index contributed by atoms with van der Waals surface area (Å²) < 4.78 is 2.07. The van der Waals surface area contributed by atoms with Crippen LogP contribution in [0.4, 0.5) is 11.4 Å². The minimum absolute atomic E-state index is 0.224. The maximum absolute atomic E-state index is 11.4. The van der Waals surface area contributed by atoms with Crippen molar-refractivity contribution >= 4 is 46.3 Å². The molecule has 4 unspecified atom stereocenters. The van der Waals surface area contributed by atoms with E-state index in [1.54, 1.807) is 18.3 Å². The molecule has 0 radical (unpaired) electrons. The molecule has 2 aromatic heterocycles. The van der Waals surface area contributed by atoms with E-state index in [1.165, 1.54) is 6.42 Å². The number of pyridine rings is 1. The fourth-order valence-electron chi connectivity index (χ4n) is 6.33. The summed E-state index contributed by atoms with van der Waals surface area (Å²) in [5, 5.41) is 14.2. The first-order chi connectivity index (χ1) is 19.8. The second-order valence-corrected chi connectivity index (χ2v) is 11.9. The smallest absolute Gasteiger partial charge is 0.335 e. The lowest BCUT2D eigenvalue weighted by molar-refractivity contribution is 0.0697. The number of thiocarbonyl (C=S) groups is 1. The van der Waals surface area contributed by atoms with E-state index in [1.807, 2.05) is 48.7 Å². The highest BCUT2D eigenvalue weighted by Crippen LogP contribution is 2.44. The Morgan fingerprint density at radius 2 is 1.73 bits per heavy atom. The van der Waals surface area contributed by atoms with E-state index in [0.717, 1.165) is 41.5 Å². The van der Waals surface area contributed by atoms with Crippen LogP contribution in [-0.2, 0) is 0 Å². The predicted molar refractivity (Wildman–Crippen MR) is 167 cm³/mol. The van der Waals surface area contributed by atoms with Gasteiger partial charge in [-0.05, 0) is 97.2 Å². The molecule has 7 nitrogen and oxygen atoms in total. The Kier molecular flexibility index (Phi) is 7.45. The second-order valence-electron chi connectivity index (χ2n) is 11.1. The van der Waals surface area contributed by atoms with Gasteiger partial charge in [-0.2, -0.15) is 0 Å². The highest BCUT2D eigenvalue weighted by atomic mass is 35.5. The van der Waals surface area contributed by atoms with Gasteiger partial charge in [-0.15, -0.1) is 0 Å². The maximum Gasteiger partial charge on any atom is 0.335 e. The predicted octanol–water partition coefficient (Wildman–Crippen LogP) is 6.88. The molecule has 2 fully saturated rings. The van der Waals surface area contributed by atoms with Crippen molar-refractivity contribution in [3.8, 4) is 5.69 Å². The highest BCUT2D eigenvalue weighted by Gasteiger charge is 2.42. The molecule has 9 heteroatoms. The Morgan fingerprint density at radius 1 is 1.00 bits per heavy atom. The molecule has 2 aliphatic rings. The number of carboxylic acid groups (broad SMARTS) is 1. The van der Waals surface area contributed by atoms with E-state index in [0.29, 0.717) is 22.0 Å². The van der Waals surface area contributed by atoms with Crippen LogP contribution < -0.4 is 15.1 Å². The summed E-state index contributed by atoms with van der Waals surface area (Å²) in [6.07, 6.45) is 5.00. The van der Waals surface area contributed by atoms with Crippen LogP contribution in [0.2, 0.25) is 5.02 Å². The third-order valence-electron chi connectivity index (χ3n) is 7.99. The van der Waals surface area contributed by atoms with Crippen molar-refractivity contribution in [2.75, 3.05) is 22.9 Å². The molecule has 4 heterocycles. The standard InChI is InChI=1S/C32H32ClN5O2S/c1-20-16-21(2)19-36(18-20)27-13-12-24(17-25(27)33)38-30(29(35-32(38)41)26-6-3-4-14-34-26)28-7-5-15-37(28)23-10-8-22(9-11-23)31(39)40/h3-15,17,20-21,29-30H,16,18-19H2,1-2H3,(H,35,41)(H,39,40). The number of anilines is 2. The lowest BCUT2D eigenvalue weighted by Gasteiger charge is -2.37. The first-order valence-corrected chi connectivity index (χ1v) is 14.6. The molecular weight excluding hydrogens is 554 g/mol. The van der Waals surface area contributed by atoms with Crippen molar-refractivity contribution < 1.29 is 9.90 Å². The number of hydrogen-bond acceptors (Lipinski definition) is 4. The van der Waals surface area contributed by atoms with Crippen LogP contribution in [0.25, 0.3) is 5.69 Å². The molecule has 41 heavy (non-hydrogen) atoms. The number of carbonyl (C=O) groups is 1. The van der Waals surface area contributed by atoms with Crippen molar-refractivity contribution in [2.24, 2.45) is 11.8 Å². The summed E-state index contributed by atoms with van der Waals surface area (Å²) in [7, 11) is 0. The first-order valence-electron chi connectivity index (χ1n) is 13.9. The lowest BCUT2D eigenvalue weighted by Crippen LogP contribution is -2.38. The van der Waals surface area contributed by atoms with Crippen LogP contribution in [0.3, 0.4) is 0 Å². The summed E-state index contributed by atoms with van der Waals surface area (Å²) in [6.45, 7) is 6.58. The number of nitrogens with zero attached hydrogens (tertiary/aromatic N) is 4. The van der Waals surface area contributed by atoms with Crippen molar-refractivity contribution in [1.29, 1.82) is 0 Å². The summed E-state index contributed by atoms with van der Waals surface area (Å²) in [5.41, 5.74) is 4.89. The largest absolute Gasteiger partial charge is 0.478 e. The fraction of sp³-hybridized carbons (Fsp3) is 0.281. The van der Waals surface area contributed by atoms with Gasteiger partial charge in [-0.3, -0.25) is 4.98 Å². The quantitative estimate of drug-likeness (QED) is 0.239. The van der Waals surface area contributed by atoms with Gasteiger partial charge in [-0.25, -0.2) is 4.79 Å². The van der Waals surface area contributed by atoms with Gasteiger partial charge in [0.1, 0.15) is 6.04 Å². The van der Waals surface area contributed by atoms with Gasteiger partial charge in [0.25, 0.3) is 0 Å². The molecule has 0 spiro atoms. The third-order valence-corrected chi connectivity index (χ3v) is 8.61.